The largest absolute Gasteiger partial charge is 0.361 e. The monoisotopic (exact) mass is 442 g/mol. The van der Waals surface area contributed by atoms with Gasteiger partial charge >= 0.3 is 5.69 Å². The quantitative estimate of drug-likeness (QED) is 0.422. The molecule has 1 aliphatic heterocycles. The summed E-state index contributed by atoms with van der Waals surface area (Å²) in [6.07, 6.45) is 5.27. The summed E-state index contributed by atoms with van der Waals surface area (Å²) in [5.74, 6) is 2.11. The molecule has 0 aliphatic carbocycles. The SMILES string of the molecule is Cc1noc(C)c1CSc1ncccc1C(=O)NCCCn1nc2n(c1=O)CCCC2. The molecule has 9 nitrogen and oxygen atoms in total. The number of nitrogens with one attached hydrogen (secondary N) is 1. The van der Waals surface area contributed by atoms with Gasteiger partial charge in [-0.15, -0.1) is 11.8 Å². The Labute approximate surface area is 184 Å². The molecule has 31 heavy (non-hydrogen) atoms. The average molecular weight is 443 g/mol. The summed E-state index contributed by atoms with van der Waals surface area (Å²) in [5.41, 5.74) is 2.36. The predicted molar refractivity (Wildman–Crippen MR) is 116 cm³/mol. The number of aryl methyl sites for hydroxylation is 4. The first-order valence-corrected chi connectivity index (χ1v) is 11.5. The zero-order valence-electron chi connectivity index (χ0n) is 17.8. The van der Waals surface area contributed by atoms with Crippen molar-refractivity contribution in [1.82, 2.24) is 29.8 Å². The smallest absolute Gasteiger partial charge is 0.345 e. The molecule has 1 N–H and O–H groups in total. The average Bonchev–Trinajstić information content (AvgIpc) is 3.28. The highest BCUT2D eigenvalue weighted by atomic mass is 32.2. The van der Waals surface area contributed by atoms with Gasteiger partial charge < -0.3 is 9.84 Å². The van der Waals surface area contributed by atoms with Gasteiger partial charge in [0.15, 0.2) is 0 Å². The van der Waals surface area contributed by atoms with Crippen molar-refractivity contribution in [2.45, 2.75) is 63.4 Å². The molecule has 0 bridgehead atoms. The number of amides is 1. The lowest BCUT2D eigenvalue weighted by Crippen LogP contribution is -2.29. The second-order valence-electron chi connectivity index (χ2n) is 7.59. The number of thioether (sulfide) groups is 1. The van der Waals surface area contributed by atoms with Gasteiger partial charge in [-0.05, 0) is 45.2 Å². The van der Waals surface area contributed by atoms with Crippen LogP contribution in [0.2, 0.25) is 0 Å². The van der Waals surface area contributed by atoms with E-state index in [-0.39, 0.29) is 11.6 Å². The minimum atomic E-state index is -0.175. The Balaban J connectivity index is 1.32. The standard InChI is InChI=1S/C21H26N6O3S/c1-14-17(15(2)30-25-14)13-31-20-16(7-5-9-23-20)19(28)22-10-6-12-27-21(29)26-11-4-3-8-18(26)24-27/h5,7,9H,3-4,6,8,10-13H2,1-2H3,(H,22,28). The van der Waals surface area contributed by atoms with Gasteiger partial charge in [-0.1, -0.05) is 5.16 Å². The third kappa shape index (κ3) is 4.73. The van der Waals surface area contributed by atoms with Gasteiger partial charge in [0.1, 0.15) is 16.6 Å². The highest BCUT2D eigenvalue weighted by molar-refractivity contribution is 7.98. The Bertz CT molecular complexity index is 1110. The number of hydrogen-bond acceptors (Lipinski definition) is 7. The molecule has 0 saturated heterocycles. The predicted octanol–water partition coefficient (Wildman–Crippen LogP) is 2.49. The third-order valence-corrected chi connectivity index (χ3v) is 6.45. The molecular weight excluding hydrogens is 416 g/mol. The van der Waals surface area contributed by atoms with Crippen LogP contribution in [0.15, 0.2) is 32.7 Å². The minimum absolute atomic E-state index is 0.0497. The highest BCUT2D eigenvalue weighted by Crippen LogP contribution is 2.27. The summed E-state index contributed by atoms with van der Waals surface area (Å²) < 4.78 is 8.48. The van der Waals surface area contributed by atoms with Gasteiger partial charge in [0.25, 0.3) is 5.91 Å². The fraction of sp³-hybridized carbons (Fsp3) is 0.476. The molecular formula is C21H26N6O3S. The molecule has 0 unspecified atom stereocenters. The number of nitrogens with zero attached hydrogens (tertiary/aromatic N) is 5. The lowest BCUT2D eigenvalue weighted by atomic mass is 10.2. The van der Waals surface area contributed by atoms with Crippen LogP contribution < -0.4 is 11.0 Å². The van der Waals surface area contributed by atoms with Crippen LogP contribution in [0.5, 0.6) is 0 Å². The first-order valence-electron chi connectivity index (χ1n) is 10.5. The molecule has 0 aromatic carbocycles. The number of pyridine rings is 1. The molecule has 164 valence electrons. The van der Waals surface area contributed by atoms with Gasteiger partial charge in [-0.25, -0.2) is 14.5 Å². The molecule has 4 rings (SSSR count). The molecule has 0 fully saturated rings. The van der Waals surface area contributed by atoms with Gasteiger partial charge in [0.2, 0.25) is 0 Å². The van der Waals surface area contributed by atoms with Crippen molar-refractivity contribution >= 4 is 17.7 Å². The van der Waals surface area contributed by atoms with Crippen molar-refractivity contribution in [3.05, 3.63) is 57.2 Å². The summed E-state index contributed by atoms with van der Waals surface area (Å²) in [6.45, 7) is 5.47. The Morgan fingerprint density at radius 1 is 1.32 bits per heavy atom. The van der Waals surface area contributed by atoms with Crippen LogP contribution in [0.1, 0.15) is 52.5 Å². The van der Waals surface area contributed by atoms with Crippen molar-refractivity contribution < 1.29 is 9.32 Å². The topological polar surface area (TPSA) is 108 Å². The van der Waals surface area contributed by atoms with Gasteiger partial charge in [0, 0.05) is 43.6 Å². The molecule has 0 radical (unpaired) electrons. The van der Waals surface area contributed by atoms with Crippen molar-refractivity contribution in [3.8, 4) is 0 Å². The fourth-order valence-corrected chi connectivity index (χ4v) is 4.79. The van der Waals surface area contributed by atoms with E-state index >= 15 is 0 Å². The minimum Gasteiger partial charge on any atom is -0.361 e. The van der Waals surface area contributed by atoms with E-state index in [4.69, 9.17) is 4.52 Å². The normalized spacial score (nSPS) is 13.2. The summed E-state index contributed by atoms with van der Waals surface area (Å²) in [7, 11) is 0. The van der Waals surface area contributed by atoms with E-state index in [1.165, 1.54) is 16.4 Å². The van der Waals surface area contributed by atoms with Crippen LogP contribution in [-0.2, 0) is 25.3 Å². The van der Waals surface area contributed by atoms with E-state index in [1.54, 1.807) is 22.9 Å². The van der Waals surface area contributed by atoms with Gasteiger partial charge in [-0.2, -0.15) is 5.10 Å². The first-order chi connectivity index (χ1) is 15.0. The zero-order valence-corrected chi connectivity index (χ0v) is 18.6. The summed E-state index contributed by atoms with van der Waals surface area (Å²) in [6, 6.07) is 3.52. The van der Waals surface area contributed by atoms with Gasteiger partial charge in [-0.3, -0.25) is 9.36 Å². The summed E-state index contributed by atoms with van der Waals surface area (Å²) in [5, 5.41) is 12.0. The number of aromatic nitrogens is 5. The maximum atomic E-state index is 12.7. The number of carbonyl (C=O) groups is 1. The lowest BCUT2D eigenvalue weighted by Gasteiger charge is -2.09. The number of carbonyl (C=O) groups excluding carboxylic acids is 1. The van der Waals surface area contributed by atoms with E-state index in [0.717, 1.165) is 48.6 Å². The zero-order chi connectivity index (χ0) is 21.8. The number of hydrogen-bond donors (Lipinski definition) is 1. The first kappa shape index (κ1) is 21.4. The molecule has 10 heteroatoms. The Morgan fingerprint density at radius 2 is 2.19 bits per heavy atom. The molecule has 0 atom stereocenters. The Morgan fingerprint density at radius 3 is 2.97 bits per heavy atom. The van der Waals surface area contributed by atoms with E-state index < -0.39 is 0 Å². The van der Waals surface area contributed by atoms with Crippen LogP contribution in [0, 0.1) is 13.8 Å². The molecule has 1 amide bonds. The van der Waals surface area contributed by atoms with Crippen molar-refractivity contribution in [2.75, 3.05) is 6.54 Å². The van der Waals surface area contributed by atoms with Gasteiger partial charge in [0.05, 0.1) is 11.3 Å². The summed E-state index contributed by atoms with van der Waals surface area (Å²) in [4.78, 5) is 29.5. The number of rotatable bonds is 8. The maximum absolute atomic E-state index is 12.7. The lowest BCUT2D eigenvalue weighted by molar-refractivity contribution is 0.0949. The van der Waals surface area contributed by atoms with Crippen LogP contribution in [0.3, 0.4) is 0 Å². The summed E-state index contributed by atoms with van der Waals surface area (Å²) >= 11 is 1.48. The molecule has 1 aliphatic rings. The molecule has 0 saturated carbocycles. The van der Waals surface area contributed by atoms with Crippen LogP contribution >= 0.6 is 11.8 Å². The second kappa shape index (κ2) is 9.51. The maximum Gasteiger partial charge on any atom is 0.345 e. The van der Waals surface area contributed by atoms with Crippen LogP contribution in [0.25, 0.3) is 0 Å². The molecule has 3 aromatic heterocycles. The van der Waals surface area contributed by atoms with Crippen LogP contribution in [0.4, 0.5) is 0 Å². The highest BCUT2D eigenvalue weighted by Gasteiger charge is 2.17. The molecule has 0 spiro atoms. The van der Waals surface area contributed by atoms with E-state index in [0.29, 0.717) is 35.9 Å². The second-order valence-corrected chi connectivity index (χ2v) is 8.55. The van der Waals surface area contributed by atoms with Crippen molar-refractivity contribution in [1.29, 1.82) is 0 Å². The number of fused-ring (bicyclic) bond motifs is 1. The fourth-order valence-electron chi connectivity index (χ4n) is 3.65. The Hall–Kier alpha value is -2.88. The third-order valence-electron chi connectivity index (χ3n) is 5.41. The van der Waals surface area contributed by atoms with Crippen molar-refractivity contribution in [2.24, 2.45) is 0 Å². The van der Waals surface area contributed by atoms with Crippen LogP contribution in [-0.4, -0.2) is 36.9 Å². The molecule has 4 heterocycles. The van der Waals surface area contributed by atoms with E-state index in [1.807, 2.05) is 13.8 Å². The molecule has 3 aromatic rings. The van der Waals surface area contributed by atoms with Crippen molar-refractivity contribution in [3.63, 3.8) is 0 Å². The van der Waals surface area contributed by atoms with E-state index in [9.17, 15) is 9.59 Å². The Kier molecular flexibility index (Phi) is 6.55. The van der Waals surface area contributed by atoms with E-state index in [2.05, 4.69) is 20.6 Å².